The van der Waals surface area contributed by atoms with Crippen LogP contribution in [0.3, 0.4) is 0 Å². The number of benzene rings is 2. The number of nitrogens with zero attached hydrogens (tertiary/aromatic N) is 2. The van der Waals surface area contributed by atoms with Crippen molar-refractivity contribution in [2.75, 3.05) is 41.5 Å². The number of rotatable bonds is 6. The molecule has 7 nitrogen and oxygen atoms in total. The molecule has 1 aliphatic rings. The Hall–Kier alpha value is -3.00. The molecule has 0 amide bonds. The van der Waals surface area contributed by atoms with Gasteiger partial charge in [-0.05, 0) is 42.3 Å². The third-order valence-electron chi connectivity index (χ3n) is 5.19. The minimum absolute atomic E-state index is 0.00327. The van der Waals surface area contributed by atoms with E-state index in [1.165, 1.54) is 12.1 Å². The van der Waals surface area contributed by atoms with Crippen LogP contribution >= 0.6 is 0 Å². The summed E-state index contributed by atoms with van der Waals surface area (Å²) in [7, 11) is 6.53. The van der Waals surface area contributed by atoms with Crippen molar-refractivity contribution in [2.45, 2.75) is 25.7 Å². The van der Waals surface area contributed by atoms with Crippen LogP contribution in [0.15, 0.2) is 41.4 Å². The number of aliphatic imine (C=N–C) groups is 1. The Bertz CT molecular complexity index is 879. The van der Waals surface area contributed by atoms with Crippen LogP contribution in [-0.2, 0) is 11.3 Å². The molecule has 2 atom stereocenters. The molecule has 0 aliphatic carbocycles. The molecule has 2 aromatic rings. The lowest BCUT2D eigenvalue weighted by atomic mass is 10.1. The summed E-state index contributed by atoms with van der Waals surface area (Å²) >= 11 is 0. The average Bonchev–Trinajstić information content (AvgIpc) is 2.78. The molecule has 2 unspecified atom stereocenters. The van der Waals surface area contributed by atoms with Gasteiger partial charge in [0.25, 0.3) is 0 Å². The van der Waals surface area contributed by atoms with Crippen LogP contribution in [0, 0.1) is 5.82 Å². The van der Waals surface area contributed by atoms with Crippen LogP contribution in [0.5, 0.6) is 17.2 Å². The van der Waals surface area contributed by atoms with Crippen LogP contribution in [0.25, 0.3) is 0 Å². The highest BCUT2D eigenvalue weighted by atomic mass is 19.1. The molecule has 1 N–H and O–H groups in total. The first-order chi connectivity index (χ1) is 15.0. The van der Waals surface area contributed by atoms with Crippen LogP contribution in [0.2, 0.25) is 0 Å². The van der Waals surface area contributed by atoms with Gasteiger partial charge in [0.15, 0.2) is 17.5 Å². The largest absolute Gasteiger partial charge is 0.493 e. The fraction of sp³-hybridized carbons (Fsp3) is 0.435. The van der Waals surface area contributed by atoms with E-state index in [1.54, 1.807) is 40.5 Å². The number of morpholine rings is 1. The average molecular weight is 432 g/mol. The van der Waals surface area contributed by atoms with Gasteiger partial charge in [0.05, 0.1) is 34.0 Å². The van der Waals surface area contributed by atoms with Gasteiger partial charge >= 0.3 is 0 Å². The zero-order chi connectivity index (χ0) is 22.4. The number of nitrogens with one attached hydrogen (secondary N) is 1. The van der Waals surface area contributed by atoms with E-state index in [0.717, 1.165) is 17.1 Å². The Morgan fingerprint density at radius 2 is 1.74 bits per heavy atom. The third-order valence-corrected chi connectivity index (χ3v) is 5.19. The molecule has 2 aromatic carbocycles. The lowest BCUT2D eigenvalue weighted by molar-refractivity contribution is -0.0605. The Labute approximate surface area is 182 Å². The maximum Gasteiger partial charge on any atom is 0.203 e. The van der Waals surface area contributed by atoms with Crippen LogP contribution in [0.1, 0.15) is 24.2 Å². The molecule has 8 heteroatoms. The molecule has 0 saturated carbocycles. The number of hydrogen-bond donors (Lipinski definition) is 1. The monoisotopic (exact) mass is 431 g/mol. The first-order valence-electron chi connectivity index (χ1n) is 10.1. The molecule has 1 aliphatic heterocycles. The van der Waals surface area contributed by atoms with Gasteiger partial charge in [-0.1, -0.05) is 12.1 Å². The van der Waals surface area contributed by atoms with Crippen molar-refractivity contribution in [1.82, 2.24) is 10.2 Å². The lowest BCUT2D eigenvalue weighted by Gasteiger charge is -2.38. The molecule has 31 heavy (non-hydrogen) atoms. The smallest absolute Gasteiger partial charge is 0.203 e. The SMILES string of the molecule is CN=C(NCc1cc(OC)c(OC)c(OC)c1)N1CC(C)OC(c2ccc(F)cc2)C1. The van der Waals surface area contributed by atoms with Gasteiger partial charge in [0, 0.05) is 20.1 Å². The first-order valence-corrected chi connectivity index (χ1v) is 10.1. The lowest BCUT2D eigenvalue weighted by Crippen LogP contribution is -2.50. The summed E-state index contributed by atoms with van der Waals surface area (Å²) in [5.41, 5.74) is 1.91. The Morgan fingerprint density at radius 1 is 1.10 bits per heavy atom. The minimum atomic E-state index is -0.257. The summed E-state index contributed by atoms with van der Waals surface area (Å²) in [5, 5.41) is 3.41. The van der Waals surface area contributed by atoms with Crippen molar-refractivity contribution in [2.24, 2.45) is 4.99 Å². The molecule has 0 spiro atoms. The van der Waals surface area contributed by atoms with E-state index in [0.29, 0.717) is 36.9 Å². The quantitative estimate of drug-likeness (QED) is 0.559. The van der Waals surface area contributed by atoms with Crippen LogP contribution in [-0.4, -0.2) is 58.4 Å². The number of ether oxygens (including phenoxy) is 4. The molecule has 0 bridgehead atoms. The van der Waals surface area contributed by atoms with E-state index < -0.39 is 0 Å². The predicted molar refractivity (Wildman–Crippen MR) is 118 cm³/mol. The predicted octanol–water partition coefficient (Wildman–Crippen LogP) is 3.39. The third kappa shape index (κ3) is 5.38. The maximum atomic E-state index is 13.3. The molecule has 3 rings (SSSR count). The molecule has 0 radical (unpaired) electrons. The molecule has 0 aromatic heterocycles. The number of hydrogen-bond acceptors (Lipinski definition) is 5. The molecule has 1 saturated heterocycles. The van der Waals surface area contributed by atoms with Gasteiger partial charge < -0.3 is 29.2 Å². The normalized spacial score (nSPS) is 19.2. The fourth-order valence-corrected chi connectivity index (χ4v) is 3.74. The van der Waals surface area contributed by atoms with Gasteiger partial charge in [-0.3, -0.25) is 4.99 Å². The maximum absolute atomic E-state index is 13.3. The van der Waals surface area contributed by atoms with Crippen molar-refractivity contribution >= 4 is 5.96 Å². The molecular weight excluding hydrogens is 401 g/mol. The molecular formula is C23H30FN3O4. The second-order valence-electron chi connectivity index (χ2n) is 7.33. The number of guanidine groups is 1. The second-order valence-corrected chi connectivity index (χ2v) is 7.33. The van der Waals surface area contributed by atoms with Crippen LogP contribution in [0.4, 0.5) is 4.39 Å². The summed E-state index contributed by atoms with van der Waals surface area (Å²) in [6, 6.07) is 10.3. The van der Waals surface area contributed by atoms with Crippen molar-refractivity contribution in [1.29, 1.82) is 0 Å². The second kappa shape index (κ2) is 10.3. The van der Waals surface area contributed by atoms with Gasteiger partial charge in [-0.25, -0.2) is 4.39 Å². The highest BCUT2D eigenvalue weighted by Gasteiger charge is 2.28. The Balaban J connectivity index is 1.73. The summed E-state index contributed by atoms with van der Waals surface area (Å²) < 4.78 is 35.7. The van der Waals surface area contributed by atoms with E-state index in [1.807, 2.05) is 19.1 Å². The van der Waals surface area contributed by atoms with Gasteiger partial charge in [-0.15, -0.1) is 0 Å². The van der Waals surface area contributed by atoms with E-state index >= 15 is 0 Å². The number of methoxy groups -OCH3 is 3. The van der Waals surface area contributed by atoms with Crippen molar-refractivity contribution in [3.05, 3.63) is 53.3 Å². The summed E-state index contributed by atoms with van der Waals surface area (Å²) in [5.74, 6) is 2.26. The Morgan fingerprint density at radius 3 is 2.29 bits per heavy atom. The first kappa shape index (κ1) is 22.7. The van der Waals surface area contributed by atoms with Crippen molar-refractivity contribution in [3.8, 4) is 17.2 Å². The highest BCUT2D eigenvalue weighted by Crippen LogP contribution is 2.38. The Kier molecular flexibility index (Phi) is 7.57. The molecule has 1 fully saturated rings. The number of halogens is 1. The van der Waals surface area contributed by atoms with E-state index in [-0.39, 0.29) is 18.0 Å². The van der Waals surface area contributed by atoms with Gasteiger partial charge in [0.1, 0.15) is 11.9 Å². The van der Waals surface area contributed by atoms with Crippen molar-refractivity contribution in [3.63, 3.8) is 0 Å². The molecule has 168 valence electrons. The van der Waals surface area contributed by atoms with Crippen LogP contribution < -0.4 is 19.5 Å². The zero-order valence-electron chi connectivity index (χ0n) is 18.6. The highest BCUT2D eigenvalue weighted by molar-refractivity contribution is 5.80. The fourth-order valence-electron chi connectivity index (χ4n) is 3.74. The summed E-state index contributed by atoms with van der Waals surface area (Å²) in [6.07, 6.45) is -0.160. The zero-order valence-corrected chi connectivity index (χ0v) is 18.6. The minimum Gasteiger partial charge on any atom is -0.493 e. The molecule has 1 heterocycles. The standard InChI is InChI=1S/C23H30FN3O4/c1-15-13-27(14-21(31-15)17-6-8-18(24)9-7-17)23(25-2)26-12-16-10-19(28-3)22(30-5)20(11-16)29-4/h6-11,15,21H,12-14H2,1-5H3,(H,25,26). The van der Waals surface area contributed by atoms with Crippen molar-refractivity contribution < 1.29 is 23.3 Å². The van der Waals surface area contributed by atoms with E-state index in [2.05, 4.69) is 15.2 Å². The van der Waals surface area contributed by atoms with Gasteiger partial charge in [-0.2, -0.15) is 0 Å². The van der Waals surface area contributed by atoms with E-state index in [9.17, 15) is 4.39 Å². The van der Waals surface area contributed by atoms with E-state index in [4.69, 9.17) is 18.9 Å². The summed E-state index contributed by atoms with van der Waals surface area (Å²) in [4.78, 5) is 6.60. The van der Waals surface area contributed by atoms with Gasteiger partial charge in [0.2, 0.25) is 5.75 Å². The topological polar surface area (TPSA) is 64.6 Å². The summed E-state index contributed by atoms with van der Waals surface area (Å²) in [6.45, 7) is 3.86.